The maximum Gasteiger partial charge on any atom is 0.358 e. The van der Waals surface area contributed by atoms with Crippen LogP contribution >= 0.6 is 0 Å². The number of aromatic nitrogens is 3. The van der Waals surface area contributed by atoms with Crippen LogP contribution in [0.4, 0.5) is 0 Å². The van der Waals surface area contributed by atoms with Crippen molar-refractivity contribution in [2.75, 3.05) is 13.2 Å². The first-order chi connectivity index (χ1) is 10.1. The Morgan fingerprint density at radius 3 is 2.71 bits per heavy atom. The topological polar surface area (TPSA) is 106 Å². The van der Waals surface area contributed by atoms with E-state index in [1.807, 2.05) is 18.2 Å². The standard InChI is InChI=1S/C13H14N4O4/c18-12(9-21-10-4-2-1-3-5-10)14-6-7-17-8-11(13(19)20)15-16-17/h1-5,8H,6-7,9H2,(H,14,18)(H,19,20). The average molecular weight is 290 g/mol. The van der Waals surface area contributed by atoms with Gasteiger partial charge in [-0.3, -0.25) is 4.79 Å². The van der Waals surface area contributed by atoms with Gasteiger partial charge in [0, 0.05) is 6.54 Å². The lowest BCUT2D eigenvalue weighted by Crippen LogP contribution is -2.31. The van der Waals surface area contributed by atoms with E-state index in [9.17, 15) is 9.59 Å². The Hall–Kier alpha value is -2.90. The minimum absolute atomic E-state index is 0.0816. The van der Waals surface area contributed by atoms with Crippen LogP contribution in [0, 0.1) is 0 Å². The monoisotopic (exact) mass is 290 g/mol. The molecule has 0 saturated carbocycles. The van der Waals surface area contributed by atoms with E-state index in [0.717, 1.165) is 0 Å². The summed E-state index contributed by atoms with van der Waals surface area (Å²) in [5.41, 5.74) is -0.131. The van der Waals surface area contributed by atoms with Crippen molar-refractivity contribution in [2.45, 2.75) is 6.54 Å². The van der Waals surface area contributed by atoms with Gasteiger partial charge in [-0.05, 0) is 12.1 Å². The molecule has 0 fully saturated rings. The second-order valence-electron chi connectivity index (χ2n) is 4.12. The quantitative estimate of drug-likeness (QED) is 0.753. The van der Waals surface area contributed by atoms with E-state index in [2.05, 4.69) is 15.6 Å². The predicted octanol–water partition coefficient (Wildman–Crippen LogP) is 0.171. The minimum atomic E-state index is -1.14. The summed E-state index contributed by atoms with van der Waals surface area (Å²) in [4.78, 5) is 22.2. The summed E-state index contributed by atoms with van der Waals surface area (Å²) in [6, 6.07) is 9.01. The van der Waals surface area contributed by atoms with Gasteiger partial charge in [0.1, 0.15) is 5.75 Å². The molecule has 8 nitrogen and oxygen atoms in total. The molecule has 8 heteroatoms. The largest absolute Gasteiger partial charge is 0.484 e. The van der Waals surface area contributed by atoms with E-state index >= 15 is 0 Å². The van der Waals surface area contributed by atoms with Gasteiger partial charge in [0.2, 0.25) is 0 Å². The second-order valence-corrected chi connectivity index (χ2v) is 4.12. The van der Waals surface area contributed by atoms with Gasteiger partial charge in [-0.15, -0.1) is 5.10 Å². The Balaban J connectivity index is 1.68. The van der Waals surface area contributed by atoms with Gasteiger partial charge in [0.05, 0.1) is 12.7 Å². The minimum Gasteiger partial charge on any atom is -0.484 e. The fraction of sp³-hybridized carbons (Fsp3) is 0.231. The molecule has 0 bridgehead atoms. The molecule has 0 atom stereocenters. The third kappa shape index (κ3) is 4.60. The molecule has 0 aliphatic rings. The van der Waals surface area contributed by atoms with Crippen LogP contribution in [0.2, 0.25) is 0 Å². The average Bonchev–Trinajstić information content (AvgIpc) is 2.95. The molecule has 1 heterocycles. The summed E-state index contributed by atoms with van der Waals surface area (Å²) < 4.78 is 6.63. The Bertz CT molecular complexity index is 612. The molecule has 0 aliphatic heterocycles. The van der Waals surface area contributed by atoms with Gasteiger partial charge >= 0.3 is 5.97 Å². The second kappa shape index (κ2) is 7.04. The number of carbonyl (C=O) groups excluding carboxylic acids is 1. The van der Waals surface area contributed by atoms with Crippen molar-refractivity contribution in [1.82, 2.24) is 20.3 Å². The first kappa shape index (κ1) is 14.5. The van der Waals surface area contributed by atoms with Crippen molar-refractivity contribution in [2.24, 2.45) is 0 Å². The van der Waals surface area contributed by atoms with Crippen molar-refractivity contribution >= 4 is 11.9 Å². The Labute approximate surface area is 120 Å². The number of nitrogens with zero attached hydrogens (tertiary/aromatic N) is 3. The summed E-state index contributed by atoms with van der Waals surface area (Å²) in [6.07, 6.45) is 1.30. The number of carboxylic acids is 1. The SMILES string of the molecule is O=C(COc1ccccc1)NCCn1cc(C(=O)O)nn1. The number of carboxylic acid groups (broad SMARTS) is 1. The number of ether oxygens (including phenoxy) is 1. The number of para-hydroxylation sites is 1. The molecular weight excluding hydrogens is 276 g/mol. The number of hydrogen-bond donors (Lipinski definition) is 2. The molecule has 1 aromatic carbocycles. The van der Waals surface area contributed by atoms with Gasteiger partial charge in [0.15, 0.2) is 12.3 Å². The molecular formula is C13H14N4O4. The van der Waals surface area contributed by atoms with Gasteiger partial charge in [-0.2, -0.15) is 0 Å². The van der Waals surface area contributed by atoms with Crippen molar-refractivity contribution in [3.63, 3.8) is 0 Å². The van der Waals surface area contributed by atoms with Gasteiger partial charge in [0.25, 0.3) is 5.91 Å². The van der Waals surface area contributed by atoms with Crippen molar-refractivity contribution < 1.29 is 19.4 Å². The molecule has 2 rings (SSSR count). The molecule has 1 amide bonds. The fourth-order valence-electron chi connectivity index (χ4n) is 1.53. The van der Waals surface area contributed by atoms with Crippen LogP contribution in [0.3, 0.4) is 0 Å². The first-order valence-corrected chi connectivity index (χ1v) is 6.23. The third-order valence-corrected chi connectivity index (χ3v) is 2.53. The van der Waals surface area contributed by atoms with Crippen LogP contribution in [0.1, 0.15) is 10.5 Å². The van der Waals surface area contributed by atoms with E-state index in [1.54, 1.807) is 12.1 Å². The zero-order chi connectivity index (χ0) is 15.1. The van der Waals surface area contributed by atoms with Gasteiger partial charge < -0.3 is 15.2 Å². The van der Waals surface area contributed by atoms with E-state index in [4.69, 9.17) is 9.84 Å². The molecule has 0 aliphatic carbocycles. The molecule has 110 valence electrons. The summed E-state index contributed by atoms with van der Waals surface area (Å²) in [7, 11) is 0. The Morgan fingerprint density at radius 2 is 2.05 bits per heavy atom. The number of hydrogen-bond acceptors (Lipinski definition) is 5. The highest BCUT2D eigenvalue weighted by Crippen LogP contribution is 2.07. The molecule has 0 unspecified atom stereocenters. The summed E-state index contributed by atoms with van der Waals surface area (Å²) in [5, 5.41) is 18.4. The highest BCUT2D eigenvalue weighted by molar-refractivity contribution is 5.84. The maximum absolute atomic E-state index is 11.5. The smallest absolute Gasteiger partial charge is 0.358 e. The molecule has 2 aromatic rings. The van der Waals surface area contributed by atoms with Crippen LogP contribution in [-0.2, 0) is 11.3 Å². The summed E-state index contributed by atoms with van der Waals surface area (Å²) >= 11 is 0. The zero-order valence-electron chi connectivity index (χ0n) is 11.1. The lowest BCUT2D eigenvalue weighted by atomic mass is 10.3. The zero-order valence-corrected chi connectivity index (χ0v) is 11.1. The lowest BCUT2D eigenvalue weighted by Gasteiger charge is -2.07. The van der Waals surface area contributed by atoms with Gasteiger partial charge in [-0.25, -0.2) is 9.48 Å². The van der Waals surface area contributed by atoms with E-state index in [0.29, 0.717) is 18.8 Å². The summed E-state index contributed by atoms with van der Waals surface area (Å²) in [6.45, 7) is 0.554. The molecule has 0 saturated heterocycles. The highest BCUT2D eigenvalue weighted by Gasteiger charge is 2.08. The Kier molecular flexibility index (Phi) is 4.86. The van der Waals surface area contributed by atoms with Crippen LogP contribution < -0.4 is 10.1 Å². The molecule has 1 aromatic heterocycles. The third-order valence-electron chi connectivity index (χ3n) is 2.53. The number of amides is 1. The van der Waals surface area contributed by atoms with E-state index < -0.39 is 5.97 Å². The number of aromatic carboxylic acids is 1. The summed E-state index contributed by atoms with van der Waals surface area (Å²) in [5.74, 6) is -0.783. The Morgan fingerprint density at radius 1 is 1.29 bits per heavy atom. The van der Waals surface area contributed by atoms with E-state index in [1.165, 1.54) is 10.9 Å². The van der Waals surface area contributed by atoms with Crippen LogP contribution in [0.5, 0.6) is 5.75 Å². The van der Waals surface area contributed by atoms with Gasteiger partial charge in [-0.1, -0.05) is 23.4 Å². The maximum atomic E-state index is 11.5. The van der Waals surface area contributed by atoms with Crippen LogP contribution in [0.25, 0.3) is 0 Å². The van der Waals surface area contributed by atoms with Crippen molar-refractivity contribution in [1.29, 1.82) is 0 Å². The number of nitrogens with one attached hydrogen (secondary N) is 1. The number of benzene rings is 1. The van der Waals surface area contributed by atoms with Crippen LogP contribution in [0.15, 0.2) is 36.5 Å². The number of rotatable bonds is 7. The van der Waals surface area contributed by atoms with Crippen molar-refractivity contribution in [3.05, 3.63) is 42.2 Å². The number of carbonyl (C=O) groups is 2. The normalized spacial score (nSPS) is 10.1. The van der Waals surface area contributed by atoms with Crippen LogP contribution in [-0.4, -0.2) is 45.1 Å². The predicted molar refractivity (Wildman–Crippen MR) is 71.9 cm³/mol. The molecule has 0 spiro atoms. The fourth-order valence-corrected chi connectivity index (χ4v) is 1.53. The first-order valence-electron chi connectivity index (χ1n) is 6.23. The lowest BCUT2D eigenvalue weighted by molar-refractivity contribution is -0.123. The highest BCUT2D eigenvalue weighted by atomic mass is 16.5. The molecule has 0 radical (unpaired) electrons. The van der Waals surface area contributed by atoms with Crippen molar-refractivity contribution in [3.8, 4) is 5.75 Å². The molecule has 2 N–H and O–H groups in total. The van der Waals surface area contributed by atoms with E-state index in [-0.39, 0.29) is 18.2 Å². The molecule has 21 heavy (non-hydrogen) atoms.